The van der Waals surface area contributed by atoms with E-state index < -0.39 is 5.54 Å². The summed E-state index contributed by atoms with van der Waals surface area (Å²) < 4.78 is 9.75. The van der Waals surface area contributed by atoms with E-state index in [4.69, 9.17) is 15.0 Å². The molecule has 0 aliphatic heterocycles. The van der Waals surface area contributed by atoms with Gasteiger partial charge in [0.1, 0.15) is 0 Å². The van der Waals surface area contributed by atoms with Gasteiger partial charge in [-0.1, -0.05) is 0 Å². The van der Waals surface area contributed by atoms with Crippen LogP contribution in [0.1, 0.15) is 19.6 Å². The van der Waals surface area contributed by atoms with Gasteiger partial charge in [0.15, 0.2) is 5.76 Å². The predicted octanol–water partition coefficient (Wildman–Crippen LogP) is 0.877. The van der Waals surface area contributed by atoms with E-state index >= 15 is 0 Å². The van der Waals surface area contributed by atoms with Crippen LogP contribution in [0.5, 0.6) is 5.88 Å². The lowest BCUT2D eigenvalue weighted by Gasteiger charge is -2.12. The number of aromatic nitrogens is 1. The molecule has 0 radical (unpaired) electrons. The van der Waals surface area contributed by atoms with E-state index in [1.807, 2.05) is 13.8 Å². The van der Waals surface area contributed by atoms with E-state index in [2.05, 4.69) is 5.16 Å². The fourth-order valence-corrected chi connectivity index (χ4v) is 0.659. The van der Waals surface area contributed by atoms with Gasteiger partial charge in [0.25, 0.3) is 5.88 Å². The van der Waals surface area contributed by atoms with Crippen molar-refractivity contribution < 1.29 is 9.26 Å². The molecule has 0 fully saturated rings. The number of nitrogens with two attached hydrogens (primary N) is 1. The highest BCUT2D eigenvalue weighted by molar-refractivity contribution is 5.16. The number of rotatable bonds is 2. The molecule has 1 rings (SSSR count). The molecule has 0 unspecified atom stereocenters. The Morgan fingerprint density at radius 3 is 2.55 bits per heavy atom. The highest BCUT2D eigenvalue weighted by Gasteiger charge is 2.20. The second kappa shape index (κ2) is 2.54. The molecule has 2 N–H and O–H groups in total. The van der Waals surface area contributed by atoms with Crippen LogP contribution >= 0.6 is 0 Å². The van der Waals surface area contributed by atoms with Crippen LogP contribution < -0.4 is 10.5 Å². The van der Waals surface area contributed by atoms with Crippen LogP contribution in [0.4, 0.5) is 0 Å². The minimum atomic E-state index is -0.496. The summed E-state index contributed by atoms with van der Waals surface area (Å²) in [4.78, 5) is 0. The van der Waals surface area contributed by atoms with Gasteiger partial charge in [0, 0.05) is 6.07 Å². The number of hydrogen-bond acceptors (Lipinski definition) is 4. The fraction of sp³-hybridized carbons (Fsp3) is 0.571. The first-order chi connectivity index (χ1) is 5.04. The van der Waals surface area contributed by atoms with Crippen LogP contribution in [0.2, 0.25) is 0 Å². The summed E-state index contributed by atoms with van der Waals surface area (Å²) in [7, 11) is 1.53. The molecular weight excluding hydrogens is 144 g/mol. The van der Waals surface area contributed by atoms with Crippen LogP contribution in [0, 0.1) is 0 Å². The van der Waals surface area contributed by atoms with Crippen molar-refractivity contribution in [3.05, 3.63) is 11.8 Å². The van der Waals surface area contributed by atoms with Crippen molar-refractivity contribution in [2.45, 2.75) is 19.4 Å². The molecule has 0 spiro atoms. The third kappa shape index (κ3) is 1.71. The maximum Gasteiger partial charge on any atom is 0.254 e. The quantitative estimate of drug-likeness (QED) is 0.690. The molecule has 4 heteroatoms. The van der Waals surface area contributed by atoms with Crippen LogP contribution in [-0.2, 0) is 5.54 Å². The Hall–Kier alpha value is -1.03. The normalized spacial score (nSPS) is 11.6. The molecule has 0 saturated heterocycles. The molecule has 11 heavy (non-hydrogen) atoms. The lowest BCUT2D eigenvalue weighted by Crippen LogP contribution is -2.27. The van der Waals surface area contributed by atoms with Crippen molar-refractivity contribution >= 4 is 0 Å². The summed E-state index contributed by atoms with van der Waals surface area (Å²) >= 11 is 0. The molecule has 0 saturated carbocycles. The number of methoxy groups -OCH3 is 1. The van der Waals surface area contributed by atoms with E-state index in [0.717, 1.165) is 0 Å². The van der Waals surface area contributed by atoms with Gasteiger partial charge in [-0.05, 0) is 19.0 Å². The molecule has 1 aromatic heterocycles. The van der Waals surface area contributed by atoms with Gasteiger partial charge in [-0.15, -0.1) is 0 Å². The predicted molar refractivity (Wildman–Crippen MR) is 40.3 cm³/mol. The lowest BCUT2D eigenvalue weighted by atomic mass is 10.0. The van der Waals surface area contributed by atoms with Gasteiger partial charge < -0.3 is 15.0 Å². The van der Waals surface area contributed by atoms with Gasteiger partial charge in [0.05, 0.1) is 12.6 Å². The zero-order valence-corrected chi connectivity index (χ0v) is 6.92. The van der Waals surface area contributed by atoms with Crippen molar-refractivity contribution in [2.24, 2.45) is 5.73 Å². The Kier molecular flexibility index (Phi) is 1.87. The Bertz CT molecular complexity index is 237. The average Bonchev–Trinajstić information content (AvgIpc) is 2.32. The third-order valence-corrected chi connectivity index (χ3v) is 1.33. The van der Waals surface area contributed by atoms with Gasteiger partial charge in [0.2, 0.25) is 0 Å². The largest absolute Gasteiger partial charge is 0.479 e. The maximum atomic E-state index is 5.74. The summed E-state index contributed by atoms with van der Waals surface area (Å²) in [6, 6.07) is 1.68. The first-order valence-corrected chi connectivity index (χ1v) is 3.34. The van der Waals surface area contributed by atoms with Crippen molar-refractivity contribution in [1.82, 2.24) is 5.16 Å². The van der Waals surface area contributed by atoms with Crippen LogP contribution in [0.3, 0.4) is 0 Å². The number of nitrogens with zero attached hydrogens (tertiary/aromatic N) is 1. The van der Waals surface area contributed by atoms with Crippen LogP contribution in [0.15, 0.2) is 10.6 Å². The summed E-state index contributed by atoms with van der Waals surface area (Å²) in [6.45, 7) is 3.68. The molecule has 62 valence electrons. The highest BCUT2D eigenvalue weighted by Crippen LogP contribution is 2.20. The third-order valence-electron chi connectivity index (χ3n) is 1.33. The molecule has 0 aromatic carbocycles. The Morgan fingerprint density at radius 1 is 1.64 bits per heavy atom. The Labute approximate surface area is 65.3 Å². The minimum absolute atomic E-state index is 0.457. The molecular formula is C7H12N2O2. The van der Waals surface area contributed by atoms with E-state index in [1.54, 1.807) is 6.07 Å². The molecule has 0 aliphatic carbocycles. The van der Waals surface area contributed by atoms with Crippen molar-refractivity contribution in [2.75, 3.05) is 7.11 Å². The monoisotopic (exact) mass is 156 g/mol. The smallest absolute Gasteiger partial charge is 0.254 e. The van der Waals surface area contributed by atoms with E-state index in [1.165, 1.54) is 7.11 Å². The average molecular weight is 156 g/mol. The summed E-state index contributed by atoms with van der Waals surface area (Å²) in [5, 5.41) is 3.62. The number of hydrogen-bond donors (Lipinski definition) is 1. The van der Waals surface area contributed by atoms with E-state index in [0.29, 0.717) is 11.6 Å². The molecule has 0 aliphatic rings. The minimum Gasteiger partial charge on any atom is -0.479 e. The van der Waals surface area contributed by atoms with Crippen molar-refractivity contribution in [3.8, 4) is 5.88 Å². The lowest BCUT2D eigenvalue weighted by molar-refractivity contribution is 0.296. The van der Waals surface area contributed by atoms with E-state index in [-0.39, 0.29) is 0 Å². The molecule has 0 bridgehead atoms. The van der Waals surface area contributed by atoms with Crippen LogP contribution in [0.25, 0.3) is 0 Å². The second-order valence-electron chi connectivity index (χ2n) is 2.96. The topological polar surface area (TPSA) is 61.3 Å². The Morgan fingerprint density at radius 2 is 2.27 bits per heavy atom. The summed E-state index contributed by atoms with van der Waals surface area (Å²) in [5.74, 6) is 1.08. The molecule has 0 atom stereocenters. The zero-order valence-electron chi connectivity index (χ0n) is 6.92. The fourth-order valence-electron chi connectivity index (χ4n) is 0.659. The summed E-state index contributed by atoms with van der Waals surface area (Å²) in [5.41, 5.74) is 5.24. The van der Waals surface area contributed by atoms with Crippen LogP contribution in [-0.4, -0.2) is 12.3 Å². The van der Waals surface area contributed by atoms with E-state index in [9.17, 15) is 0 Å². The van der Waals surface area contributed by atoms with Crippen molar-refractivity contribution in [3.63, 3.8) is 0 Å². The SMILES string of the molecule is COc1cc(C(C)(C)N)on1. The van der Waals surface area contributed by atoms with Crippen molar-refractivity contribution in [1.29, 1.82) is 0 Å². The molecule has 1 aromatic rings. The van der Waals surface area contributed by atoms with Gasteiger partial charge >= 0.3 is 0 Å². The van der Waals surface area contributed by atoms with Gasteiger partial charge in [-0.3, -0.25) is 0 Å². The first kappa shape index (κ1) is 8.07. The molecule has 1 heterocycles. The molecule has 4 nitrogen and oxygen atoms in total. The Balaban J connectivity index is 2.89. The van der Waals surface area contributed by atoms with Gasteiger partial charge in [-0.2, -0.15) is 0 Å². The maximum absolute atomic E-state index is 5.74. The van der Waals surface area contributed by atoms with Gasteiger partial charge in [-0.25, -0.2) is 0 Å². The first-order valence-electron chi connectivity index (χ1n) is 3.34. The second-order valence-corrected chi connectivity index (χ2v) is 2.96. The molecule has 0 amide bonds. The summed E-state index contributed by atoms with van der Waals surface area (Å²) in [6.07, 6.45) is 0. The standard InChI is InChI=1S/C7H12N2O2/c1-7(2,8)5-4-6(10-3)9-11-5/h4H,8H2,1-3H3. The zero-order chi connectivity index (χ0) is 8.48. The number of ether oxygens (including phenoxy) is 1. The highest BCUT2D eigenvalue weighted by atomic mass is 16.5.